The van der Waals surface area contributed by atoms with Crippen molar-refractivity contribution < 1.29 is 28.0 Å². The van der Waals surface area contributed by atoms with Crippen LogP contribution in [0.2, 0.25) is 0 Å². The number of unbranched alkanes of at least 4 members (excludes halogenated alkanes) is 12. The zero-order chi connectivity index (χ0) is 28.5. The first kappa shape index (κ1) is 36.6. The van der Waals surface area contributed by atoms with Gasteiger partial charge in [-0.2, -0.15) is 0 Å². The molecule has 224 valence electrons. The van der Waals surface area contributed by atoms with Gasteiger partial charge in [-0.1, -0.05) is 90.9 Å². The van der Waals surface area contributed by atoms with Crippen LogP contribution >= 0.6 is 0 Å². The molecule has 6 heteroatoms. The maximum Gasteiger partial charge on any atom is 0.305 e. The Morgan fingerprint density at radius 2 is 0.842 bits per heavy atom. The molecule has 0 bridgehead atoms. The molecule has 0 amide bonds. The van der Waals surface area contributed by atoms with Crippen molar-refractivity contribution in [2.75, 3.05) is 67.6 Å². The first-order valence-electron chi connectivity index (χ1n) is 15.7. The van der Waals surface area contributed by atoms with Crippen molar-refractivity contribution in [1.82, 2.24) is 0 Å². The fraction of sp³-hybridized carbons (Fsp3) is 0.875. The number of quaternary nitrogens is 2. The smallest absolute Gasteiger partial charge is 0.305 e. The molecule has 0 saturated carbocycles. The molecule has 0 heterocycles. The Balaban J connectivity index is 3.90. The SMILES string of the molecule is CCCCCCCCCC(=O)OCC[N+](C)(C)C/C=C/C[N+](C)(C)CCOC(=O)CCCCCCCCC. The van der Waals surface area contributed by atoms with Gasteiger partial charge in [-0.25, -0.2) is 0 Å². The van der Waals surface area contributed by atoms with Crippen LogP contribution in [0.5, 0.6) is 0 Å². The fourth-order valence-corrected chi connectivity index (χ4v) is 4.31. The van der Waals surface area contributed by atoms with Crippen LogP contribution in [-0.4, -0.2) is 88.5 Å². The molecule has 0 aromatic carbocycles. The highest BCUT2D eigenvalue weighted by atomic mass is 16.5. The molecule has 0 unspecified atom stereocenters. The molecule has 0 aromatic heterocycles. The molecule has 6 nitrogen and oxygen atoms in total. The van der Waals surface area contributed by atoms with Gasteiger partial charge in [-0.15, -0.1) is 0 Å². The summed E-state index contributed by atoms with van der Waals surface area (Å²) in [7, 11) is 8.66. The standard InChI is InChI=1S/C32H64N2O4/c1-7-9-11-13-15-17-19-23-31(35)37-29-27-33(3,4)25-21-22-26-34(5,6)28-30-38-32(36)24-20-18-16-14-12-10-8-2/h21-22H,7-20,23-30H2,1-6H3/q+2/b22-21+. The second-order valence-corrected chi connectivity index (χ2v) is 12.3. The summed E-state index contributed by atoms with van der Waals surface area (Å²) in [4.78, 5) is 24.0. The van der Waals surface area contributed by atoms with E-state index in [1.807, 2.05) is 0 Å². The van der Waals surface area contributed by atoms with E-state index in [1.54, 1.807) is 0 Å². The summed E-state index contributed by atoms with van der Waals surface area (Å²) in [5.41, 5.74) is 0. The van der Waals surface area contributed by atoms with Gasteiger partial charge in [0, 0.05) is 12.8 Å². The lowest BCUT2D eigenvalue weighted by Gasteiger charge is -2.29. The second kappa shape index (κ2) is 23.5. The zero-order valence-electron chi connectivity index (χ0n) is 26.2. The van der Waals surface area contributed by atoms with Crippen LogP contribution in [0.4, 0.5) is 0 Å². The predicted molar refractivity (Wildman–Crippen MR) is 160 cm³/mol. The van der Waals surface area contributed by atoms with Gasteiger partial charge < -0.3 is 18.4 Å². The Bertz CT molecular complexity index is 565. The topological polar surface area (TPSA) is 52.6 Å². The first-order chi connectivity index (χ1) is 18.1. The molecule has 0 aliphatic carbocycles. The highest BCUT2D eigenvalue weighted by molar-refractivity contribution is 5.69. The quantitative estimate of drug-likeness (QED) is 0.0510. The summed E-state index contributed by atoms with van der Waals surface area (Å²) in [6, 6.07) is 0. The van der Waals surface area contributed by atoms with E-state index in [0.29, 0.717) is 26.1 Å². The van der Waals surface area contributed by atoms with Crippen molar-refractivity contribution in [2.45, 2.75) is 117 Å². The molecule has 0 spiro atoms. The number of hydrogen-bond donors (Lipinski definition) is 0. The third kappa shape index (κ3) is 24.9. The van der Waals surface area contributed by atoms with Gasteiger partial charge in [-0.05, 0) is 25.0 Å². The average molecular weight is 541 g/mol. The van der Waals surface area contributed by atoms with Crippen LogP contribution < -0.4 is 0 Å². The Kier molecular flexibility index (Phi) is 22.6. The van der Waals surface area contributed by atoms with E-state index in [4.69, 9.17) is 9.47 Å². The van der Waals surface area contributed by atoms with Crippen molar-refractivity contribution in [3.05, 3.63) is 12.2 Å². The van der Waals surface area contributed by atoms with Gasteiger partial charge in [0.25, 0.3) is 0 Å². The summed E-state index contributed by atoms with van der Waals surface area (Å²) in [5, 5.41) is 0. The number of esters is 2. The van der Waals surface area contributed by atoms with E-state index >= 15 is 0 Å². The number of carbonyl (C=O) groups excluding carboxylic acids is 2. The van der Waals surface area contributed by atoms with E-state index < -0.39 is 0 Å². The summed E-state index contributed by atoms with van der Waals surface area (Å²) in [5.74, 6) is -0.118. The molecule has 0 aliphatic rings. The largest absolute Gasteiger partial charge is 0.460 e. The summed E-state index contributed by atoms with van der Waals surface area (Å²) < 4.78 is 12.5. The number of ether oxygens (including phenoxy) is 2. The van der Waals surface area contributed by atoms with Crippen molar-refractivity contribution in [3.8, 4) is 0 Å². The van der Waals surface area contributed by atoms with Crippen LogP contribution in [0.3, 0.4) is 0 Å². The fourth-order valence-electron chi connectivity index (χ4n) is 4.31. The molecule has 0 saturated heterocycles. The first-order valence-corrected chi connectivity index (χ1v) is 15.7. The lowest BCUT2D eigenvalue weighted by atomic mass is 10.1. The van der Waals surface area contributed by atoms with E-state index in [1.165, 1.54) is 64.2 Å². The average Bonchev–Trinajstić information content (AvgIpc) is 2.85. The summed E-state index contributed by atoms with van der Waals surface area (Å²) in [6.07, 6.45) is 22.5. The van der Waals surface area contributed by atoms with Gasteiger partial charge in [0.2, 0.25) is 0 Å². The maximum atomic E-state index is 12.0. The molecule has 0 radical (unpaired) electrons. The van der Waals surface area contributed by atoms with Gasteiger partial charge in [0.05, 0.1) is 41.3 Å². The van der Waals surface area contributed by atoms with E-state index in [2.05, 4.69) is 54.2 Å². The lowest BCUT2D eigenvalue weighted by molar-refractivity contribution is -0.887. The molecule has 38 heavy (non-hydrogen) atoms. The van der Waals surface area contributed by atoms with Crippen LogP contribution in [-0.2, 0) is 19.1 Å². The third-order valence-corrected chi connectivity index (χ3v) is 7.25. The summed E-state index contributed by atoms with van der Waals surface area (Å²) >= 11 is 0. The van der Waals surface area contributed by atoms with Crippen molar-refractivity contribution in [2.24, 2.45) is 0 Å². The number of hydrogen-bond acceptors (Lipinski definition) is 4. The minimum absolute atomic E-state index is 0.0590. The van der Waals surface area contributed by atoms with Crippen LogP contribution in [0.15, 0.2) is 12.2 Å². The number of nitrogens with zero attached hydrogens (tertiary/aromatic N) is 2. The monoisotopic (exact) mass is 540 g/mol. The van der Waals surface area contributed by atoms with Crippen LogP contribution in [0, 0.1) is 0 Å². The number of carbonyl (C=O) groups is 2. The Morgan fingerprint density at radius 3 is 1.18 bits per heavy atom. The lowest BCUT2D eigenvalue weighted by Crippen LogP contribution is -2.44. The Morgan fingerprint density at radius 1 is 0.526 bits per heavy atom. The van der Waals surface area contributed by atoms with E-state index in [0.717, 1.165) is 60.8 Å². The van der Waals surface area contributed by atoms with E-state index in [9.17, 15) is 9.59 Å². The van der Waals surface area contributed by atoms with Crippen molar-refractivity contribution in [1.29, 1.82) is 0 Å². The second-order valence-electron chi connectivity index (χ2n) is 12.3. The van der Waals surface area contributed by atoms with Gasteiger partial charge >= 0.3 is 11.9 Å². The van der Waals surface area contributed by atoms with Crippen molar-refractivity contribution >= 4 is 11.9 Å². The Labute approximate surface area is 236 Å². The third-order valence-electron chi connectivity index (χ3n) is 7.25. The number of likely N-dealkylation sites (N-methyl/N-ethyl adjacent to an activating group) is 2. The normalized spacial score (nSPS) is 12.3. The predicted octanol–water partition coefficient (Wildman–Crippen LogP) is 7.06. The minimum atomic E-state index is -0.0590. The zero-order valence-corrected chi connectivity index (χ0v) is 26.2. The molecule has 0 aromatic rings. The maximum absolute atomic E-state index is 12.0. The van der Waals surface area contributed by atoms with Crippen molar-refractivity contribution in [3.63, 3.8) is 0 Å². The van der Waals surface area contributed by atoms with E-state index in [-0.39, 0.29) is 11.9 Å². The highest BCUT2D eigenvalue weighted by Crippen LogP contribution is 2.10. The van der Waals surface area contributed by atoms with Gasteiger partial charge in [0.1, 0.15) is 26.3 Å². The van der Waals surface area contributed by atoms with Gasteiger partial charge in [0.15, 0.2) is 0 Å². The molecule has 0 rings (SSSR count). The Hall–Kier alpha value is -1.40. The molecule has 0 fully saturated rings. The summed E-state index contributed by atoms with van der Waals surface area (Å²) in [6.45, 7) is 8.80. The molecule has 0 atom stereocenters. The molecule has 0 N–H and O–H groups in total. The van der Waals surface area contributed by atoms with Gasteiger partial charge in [-0.3, -0.25) is 9.59 Å². The minimum Gasteiger partial charge on any atom is -0.460 e. The number of rotatable bonds is 26. The molecular weight excluding hydrogens is 476 g/mol. The highest BCUT2D eigenvalue weighted by Gasteiger charge is 2.16. The van der Waals surface area contributed by atoms with Crippen LogP contribution in [0.25, 0.3) is 0 Å². The molecule has 0 aliphatic heterocycles. The van der Waals surface area contributed by atoms with Crippen LogP contribution in [0.1, 0.15) is 117 Å². The molecular formula is C32H64N2O4+2.